The van der Waals surface area contributed by atoms with Crippen molar-refractivity contribution < 1.29 is 4.79 Å². The predicted octanol–water partition coefficient (Wildman–Crippen LogP) is 4.08. The predicted molar refractivity (Wildman–Crippen MR) is 80.5 cm³/mol. The quantitative estimate of drug-likeness (QED) is 0.665. The first-order valence-electron chi connectivity index (χ1n) is 6.30. The highest BCUT2D eigenvalue weighted by Gasteiger charge is 2.15. The van der Waals surface area contributed by atoms with E-state index in [9.17, 15) is 4.79 Å². The number of aldehydes is 1. The van der Waals surface area contributed by atoms with Gasteiger partial charge in [0.15, 0.2) is 6.29 Å². The fraction of sp³-hybridized carbons (Fsp3) is 0.125. The summed E-state index contributed by atoms with van der Waals surface area (Å²) in [6.07, 6.45) is 2.54. The van der Waals surface area contributed by atoms with Crippen LogP contribution in [-0.2, 0) is 0 Å². The number of benzene rings is 1. The average Bonchev–Trinajstić information content (AvgIpc) is 2.79. The topological polar surface area (TPSA) is 34.4 Å². The molecule has 0 saturated heterocycles. The Bertz CT molecular complexity index is 821. The fourth-order valence-electron chi connectivity index (χ4n) is 2.34. The van der Waals surface area contributed by atoms with Gasteiger partial charge in [0.05, 0.1) is 5.02 Å². The molecule has 2 aromatic heterocycles. The van der Waals surface area contributed by atoms with Crippen LogP contribution >= 0.6 is 11.6 Å². The summed E-state index contributed by atoms with van der Waals surface area (Å²) in [7, 11) is 0. The van der Waals surface area contributed by atoms with Crippen LogP contribution in [0.3, 0.4) is 0 Å². The summed E-state index contributed by atoms with van der Waals surface area (Å²) in [5, 5.41) is 0.575. The third-order valence-corrected chi connectivity index (χ3v) is 3.60. The van der Waals surface area contributed by atoms with Crippen molar-refractivity contribution in [1.82, 2.24) is 9.38 Å². The molecule has 1 aromatic carbocycles. The van der Waals surface area contributed by atoms with E-state index < -0.39 is 0 Å². The molecule has 0 saturated carbocycles. The van der Waals surface area contributed by atoms with Gasteiger partial charge < -0.3 is 0 Å². The lowest BCUT2D eigenvalue weighted by molar-refractivity contribution is 0.111. The fourth-order valence-corrected chi connectivity index (χ4v) is 2.50. The normalized spacial score (nSPS) is 10.9. The number of aryl methyl sites for hydroxylation is 2. The molecule has 0 atom stereocenters. The number of rotatable bonds is 2. The van der Waals surface area contributed by atoms with Gasteiger partial charge in [0, 0.05) is 11.8 Å². The summed E-state index contributed by atoms with van der Waals surface area (Å²) < 4.78 is 1.73. The van der Waals surface area contributed by atoms with E-state index in [1.165, 1.54) is 0 Å². The number of nitrogens with zero attached hydrogens (tertiary/aromatic N) is 2. The van der Waals surface area contributed by atoms with Gasteiger partial charge in [-0.05, 0) is 37.6 Å². The zero-order valence-electron chi connectivity index (χ0n) is 11.2. The smallest absolute Gasteiger partial charge is 0.169 e. The summed E-state index contributed by atoms with van der Waals surface area (Å²) >= 11 is 5.99. The minimum Gasteiger partial charge on any atom is -0.296 e. The molecule has 3 nitrogen and oxygen atoms in total. The lowest BCUT2D eigenvalue weighted by Crippen LogP contribution is -1.93. The number of carbonyl (C=O) groups is 1. The number of hydrogen-bond acceptors (Lipinski definition) is 2. The van der Waals surface area contributed by atoms with E-state index in [0.717, 1.165) is 23.0 Å². The molecule has 2 heterocycles. The molecule has 0 N–H and O–H groups in total. The van der Waals surface area contributed by atoms with Crippen molar-refractivity contribution in [2.24, 2.45) is 0 Å². The van der Waals surface area contributed by atoms with E-state index in [1.54, 1.807) is 16.7 Å². The third kappa shape index (κ3) is 2.00. The van der Waals surface area contributed by atoms with Crippen LogP contribution in [0.5, 0.6) is 0 Å². The van der Waals surface area contributed by atoms with Crippen LogP contribution in [0.1, 0.15) is 21.6 Å². The number of imidazole rings is 1. The summed E-state index contributed by atoms with van der Waals surface area (Å²) in [5.74, 6) is 0. The molecule has 3 aromatic rings. The van der Waals surface area contributed by atoms with Gasteiger partial charge in [-0.25, -0.2) is 4.98 Å². The number of halogens is 1. The summed E-state index contributed by atoms with van der Waals surface area (Å²) in [6.45, 7) is 4.04. The maximum atomic E-state index is 11.5. The largest absolute Gasteiger partial charge is 0.296 e. The van der Waals surface area contributed by atoms with Crippen LogP contribution in [0.25, 0.3) is 16.9 Å². The Hall–Kier alpha value is -2.13. The first-order chi connectivity index (χ1) is 9.60. The van der Waals surface area contributed by atoms with Crippen LogP contribution in [0.4, 0.5) is 0 Å². The Labute approximate surface area is 121 Å². The maximum absolute atomic E-state index is 11.5. The molecule has 4 heteroatoms. The standard InChI is InChI=1S/C16H13ClN2O/c1-10-3-4-11(2)13(7-10)16-14(9-20)19-8-12(17)5-6-15(19)18-16/h3-9H,1-2H3. The highest BCUT2D eigenvalue weighted by atomic mass is 35.5. The van der Waals surface area contributed by atoms with E-state index in [-0.39, 0.29) is 0 Å². The Morgan fingerprint density at radius 1 is 1.20 bits per heavy atom. The molecule has 3 rings (SSSR count). The number of hydrogen-bond donors (Lipinski definition) is 0. The SMILES string of the molecule is Cc1ccc(C)c(-c2nc3ccc(Cl)cn3c2C=O)c1. The lowest BCUT2D eigenvalue weighted by atomic mass is 10.0. The second-order valence-corrected chi connectivity index (χ2v) is 5.29. The van der Waals surface area contributed by atoms with Crippen molar-refractivity contribution in [2.75, 3.05) is 0 Å². The Balaban J connectivity index is 2.36. The van der Waals surface area contributed by atoms with E-state index in [0.29, 0.717) is 22.1 Å². The van der Waals surface area contributed by atoms with Crippen molar-refractivity contribution in [3.8, 4) is 11.3 Å². The Kier molecular flexibility index (Phi) is 3.07. The van der Waals surface area contributed by atoms with E-state index >= 15 is 0 Å². The van der Waals surface area contributed by atoms with Gasteiger partial charge in [0.2, 0.25) is 0 Å². The molecule has 0 fully saturated rings. The zero-order chi connectivity index (χ0) is 14.3. The van der Waals surface area contributed by atoms with Crippen molar-refractivity contribution in [1.29, 1.82) is 0 Å². The van der Waals surface area contributed by atoms with Gasteiger partial charge >= 0.3 is 0 Å². The molecule has 20 heavy (non-hydrogen) atoms. The Morgan fingerprint density at radius 2 is 2.00 bits per heavy atom. The molecule has 0 radical (unpaired) electrons. The van der Waals surface area contributed by atoms with E-state index in [2.05, 4.69) is 4.98 Å². The van der Waals surface area contributed by atoms with E-state index in [4.69, 9.17) is 11.6 Å². The first kappa shape index (κ1) is 12.9. The molecule has 0 aliphatic rings. The van der Waals surface area contributed by atoms with Crippen LogP contribution in [0.15, 0.2) is 36.5 Å². The summed E-state index contributed by atoms with van der Waals surface area (Å²) in [5.41, 5.74) is 5.14. The molecule has 0 aliphatic heterocycles. The minimum absolute atomic E-state index is 0.524. The van der Waals surface area contributed by atoms with Crippen LogP contribution in [0.2, 0.25) is 5.02 Å². The van der Waals surface area contributed by atoms with Gasteiger partial charge in [-0.3, -0.25) is 9.20 Å². The van der Waals surface area contributed by atoms with Gasteiger partial charge in [-0.1, -0.05) is 29.3 Å². The molecular formula is C16H13ClN2O. The van der Waals surface area contributed by atoms with Crippen molar-refractivity contribution >= 4 is 23.5 Å². The number of carbonyl (C=O) groups excluding carboxylic acids is 1. The van der Waals surface area contributed by atoms with Crippen molar-refractivity contribution in [3.05, 3.63) is 58.4 Å². The van der Waals surface area contributed by atoms with Crippen LogP contribution in [0, 0.1) is 13.8 Å². The minimum atomic E-state index is 0.524. The number of aromatic nitrogens is 2. The first-order valence-corrected chi connectivity index (χ1v) is 6.68. The van der Waals surface area contributed by atoms with Gasteiger partial charge in [0.25, 0.3) is 0 Å². The van der Waals surface area contributed by atoms with Gasteiger partial charge in [-0.2, -0.15) is 0 Å². The summed E-state index contributed by atoms with van der Waals surface area (Å²) in [6, 6.07) is 9.71. The third-order valence-electron chi connectivity index (χ3n) is 3.38. The molecular weight excluding hydrogens is 272 g/mol. The molecule has 100 valence electrons. The monoisotopic (exact) mass is 284 g/mol. The number of pyridine rings is 1. The Morgan fingerprint density at radius 3 is 2.75 bits per heavy atom. The number of fused-ring (bicyclic) bond motifs is 1. The van der Waals surface area contributed by atoms with Crippen LogP contribution in [-0.4, -0.2) is 15.7 Å². The molecule has 0 amide bonds. The van der Waals surface area contributed by atoms with Crippen molar-refractivity contribution in [2.45, 2.75) is 13.8 Å². The second-order valence-electron chi connectivity index (χ2n) is 4.86. The summed E-state index contributed by atoms with van der Waals surface area (Å²) in [4.78, 5) is 16.0. The molecule has 0 unspecified atom stereocenters. The van der Waals surface area contributed by atoms with Gasteiger partial charge in [0.1, 0.15) is 17.0 Å². The average molecular weight is 285 g/mol. The van der Waals surface area contributed by atoms with Crippen molar-refractivity contribution in [3.63, 3.8) is 0 Å². The lowest BCUT2D eigenvalue weighted by Gasteiger charge is -2.05. The highest BCUT2D eigenvalue weighted by Crippen LogP contribution is 2.28. The highest BCUT2D eigenvalue weighted by molar-refractivity contribution is 6.30. The molecule has 0 bridgehead atoms. The zero-order valence-corrected chi connectivity index (χ0v) is 12.0. The second kappa shape index (κ2) is 4.76. The molecule has 0 spiro atoms. The molecule has 0 aliphatic carbocycles. The van der Waals surface area contributed by atoms with Crippen LogP contribution < -0.4 is 0 Å². The van der Waals surface area contributed by atoms with E-state index in [1.807, 2.05) is 38.1 Å². The maximum Gasteiger partial charge on any atom is 0.169 e. The van der Waals surface area contributed by atoms with Gasteiger partial charge in [-0.15, -0.1) is 0 Å².